The van der Waals surface area contributed by atoms with E-state index < -0.39 is 17.5 Å². The highest BCUT2D eigenvalue weighted by Gasteiger charge is 2.38. The molecule has 0 aliphatic carbocycles. The van der Waals surface area contributed by atoms with E-state index in [1.165, 1.54) is 13.0 Å². The lowest BCUT2D eigenvalue weighted by Crippen LogP contribution is -2.10. The lowest BCUT2D eigenvalue weighted by atomic mass is 10.1. The predicted octanol–water partition coefficient (Wildman–Crippen LogP) is 3.12. The first-order valence-corrected chi connectivity index (χ1v) is 4.40. The number of aryl methyl sites for hydroxylation is 1. The van der Waals surface area contributed by atoms with E-state index in [-0.39, 0.29) is 12.4 Å². The summed E-state index contributed by atoms with van der Waals surface area (Å²) >= 11 is 0. The van der Waals surface area contributed by atoms with Crippen molar-refractivity contribution in [2.75, 3.05) is 6.61 Å². The number of phenolic OH excluding ortho intramolecular Hbond substituents is 1. The molecule has 5 heteroatoms. The Morgan fingerprint density at radius 1 is 1.33 bits per heavy atom. The van der Waals surface area contributed by atoms with Gasteiger partial charge in [0.15, 0.2) is 0 Å². The predicted molar refractivity (Wildman–Crippen MR) is 49.0 cm³/mol. The minimum absolute atomic E-state index is 0.118. The second kappa shape index (κ2) is 4.00. The number of hydrogen-bond acceptors (Lipinski definition) is 2. The summed E-state index contributed by atoms with van der Waals surface area (Å²) in [5.41, 5.74) is -0.758. The molecule has 0 saturated carbocycles. The smallest absolute Gasteiger partial charge is 0.423 e. The maximum atomic E-state index is 12.6. The zero-order valence-electron chi connectivity index (χ0n) is 8.35. The molecule has 1 aromatic carbocycles. The quantitative estimate of drug-likeness (QED) is 0.829. The second-order valence-electron chi connectivity index (χ2n) is 3.04. The number of hydrogen-bond donors (Lipinski definition) is 1. The zero-order chi connectivity index (χ0) is 11.6. The van der Waals surface area contributed by atoms with Crippen molar-refractivity contribution in [3.05, 3.63) is 23.3 Å². The van der Waals surface area contributed by atoms with Crippen LogP contribution in [0.3, 0.4) is 0 Å². The Hall–Kier alpha value is -1.39. The summed E-state index contributed by atoms with van der Waals surface area (Å²) in [6.07, 6.45) is -4.61. The molecule has 1 N–H and O–H groups in total. The van der Waals surface area contributed by atoms with Gasteiger partial charge in [0.2, 0.25) is 0 Å². The van der Waals surface area contributed by atoms with Gasteiger partial charge in [-0.3, -0.25) is 0 Å². The normalized spacial score (nSPS) is 11.5. The van der Waals surface area contributed by atoms with Gasteiger partial charge in [-0.2, -0.15) is 13.2 Å². The Bertz CT molecular complexity index is 358. The molecule has 0 unspecified atom stereocenters. The molecular weight excluding hydrogens is 209 g/mol. The summed E-state index contributed by atoms with van der Waals surface area (Å²) in [5, 5.41) is 9.18. The van der Waals surface area contributed by atoms with Crippen molar-refractivity contribution in [3.8, 4) is 11.5 Å². The Morgan fingerprint density at radius 3 is 2.40 bits per heavy atom. The van der Waals surface area contributed by atoms with Crippen LogP contribution >= 0.6 is 0 Å². The van der Waals surface area contributed by atoms with Crippen LogP contribution in [0.1, 0.15) is 18.1 Å². The second-order valence-corrected chi connectivity index (χ2v) is 3.04. The Kier molecular flexibility index (Phi) is 3.12. The number of halogens is 3. The molecule has 0 aliphatic heterocycles. The van der Waals surface area contributed by atoms with E-state index in [9.17, 15) is 18.3 Å². The Labute approximate surface area is 85.3 Å². The molecule has 0 aromatic heterocycles. The maximum Gasteiger partial charge on any atom is 0.423 e. The van der Waals surface area contributed by atoms with Crippen LogP contribution in [-0.2, 0) is 6.18 Å². The summed E-state index contributed by atoms with van der Waals surface area (Å²) in [4.78, 5) is 0. The van der Waals surface area contributed by atoms with Crippen LogP contribution in [0.15, 0.2) is 12.1 Å². The fourth-order valence-corrected chi connectivity index (χ4v) is 1.28. The fraction of sp³-hybridized carbons (Fsp3) is 0.400. The highest BCUT2D eigenvalue weighted by atomic mass is 19.4. The summed E-state index contributed by atoms with van der Waals surface area (Å²) in [6.45, 7) is 3.21. The van der Waals surface area contributed by atoms with Gasteiger partial charge in [-0.15, -0.1) is 0 Å². The van der Waals surface area contributed by atoms with E-state index in [0.29, 0.717) is 5.56 Å². The lowest BCUT2D eigenvalue weighted by molar-refractivity contribution is -0.140. The zero-order valence-corrected chi connectivity index (χ0v) is 8.35. The van der Waals surface area contributed by atoms with E-state index in [4.69, 9.17) is 4.74 Å². The highest BCUT2D eigenvalue weighted by Crippen LogP contribution is 2.43. The molecule has 0 atom stereocenters. The van der Waals surface area contributed by atoms with Crippen LogP contribution in [0.5, 0.6) is 11.5 Å². The summed E-state index contributed by atoms with van der Waals surface area (Å²) in [5.74, 6) is -1.11. The lowest BCUT2D eigenvalue weighted by Gasteiger charge is -2.16. The number of ether oxygens (including phenoxy) is 1. The van der Waals surface area contributed by atoms with Crippen molar-refractivity contribution in [3.63, 3.8) is 0 Å². The third-order valence-corrected chi connectivity index (χ3v) is 1.90. The van der Waals surface area contributed by atoms with Gasteiger partial charge in [-0.05, 0) is 25.5 Å². The van der Waals surface area contributed by atoms with E-state index in [1.54, 1.807) is 6.92 Å². The number of phenols is 1. The number of benzene rings is 1. The van der Waals surface area contributed by atoms with Gasteiger partial charge < -0.3 is 9.84 Å². The first-order valence-electron chi connectivity index (χ1n) is 4.40. The van der Waals surface area contributed by atoms with Crippen molar-refractivity contribution in [2.24, 2.45) is 0 Å². The van der Waals surface area contributed by atoms with Crippen molar-refractivity contribution in [1.29, 1.82) is 0 Å². The largest absolute Gasteiger partial charge is 0.507 e. The van der Waals surface area contributed by atoms with Gasteiger partial charge in [0, 0.05) is 0 Å². The van der Waals surface area contributed by atoms with Gasteiger partial charge in [-0.25, -0.2) is 0 Å². The van der Waals surface area contributed by atoms with Gasteiger partial charge in [0.1, 0.15) is 17.1 Å². The molecule has 2 nitrogen and oxygen atoms in total. The van der Waals surface area contributed by atoms with Gasteiger partial charge in [0.25, 0.3) is 0 Å². The third kappa shape index (κ3) is 2.34. The summed E-state index contributed by atoms with van der Waals surface area (Å²) in [6, 6.07) is 2.40. The monoisotopic (exact) mass is 220 g/mol. The first-order chi connectivity index (χ1) is 6.88. The summed E-state index contributed by atoms with van der Waals surface area (Å²) in [7, 11) is 0. The van der Waals surface area contributed by atoms with Crippen LogP contribution in [0.2, 0.25) is 0 Å². The molecule has 0 radical (unpaired) electrons. The fourth-order valence-electron chi connectivity index (χ4n) is 1.28. The first kappa shape index (κ1) is 11.7. The van der Waals surface area contributed by atoms with Crippen molar-refractivity contribution < 1.29 is 23.0 Å². The molecule has 15 heavy (non-hydrogen) atoms. The average molecular weight is 220 g/mol. The molecule has 84 valence electrons. The van der Waals surface area contributed by atoms with E-state index >= 15 is 0 Å². The van der Waals surface area contributed by atoms with Crippen molar-refractivity contribution >= 4 is 0 Å². The number of aromatic hydroxyl groups is 1. The van der Waals surface area contributed by atoms with E-state index in [1.807, 2.05) is 0 Å². The minimum Gasteiger partial charge on any atom is -0.507 e. The molecule has 0 fully saturated rings. The van der Waals surface area contributed by atoms with Gasteiger partial charge >= 0.3 is 6.18 Å². The van der Waals surface area contributed by atoms with Crippen LogP contribution in [0, 0.1) is 6.92 Å². The molecule has 1 rings (SSSR count). The maximum absolute atomic E-state index is 12.6. The van der Waals surface area contributed by atoms with Crippen LogP contribution in [0.25, 0.3) is 0 Å². The molecule has 0 bridgehead atoms. The Morgan fingerprint density at radius 2 is 1.93 bits per heavy atom. The van der Waals surface area contributed by atoms with E-state index in [2.05, 4.69) is 0 Å². The standard InChI is InChI=1S/C10H11F3O2/c1-3-15-9-6(2)4-5-7(14)8(9)10(11,12)13/h4-5,14H,3H2,1-2H3. The molecule has 0 aliphatic rings. The summed E-state index contributed by atoms with van der Waals surface area (Å²) < 4.78 is 42.6. The third-order valence-electron chi connectivity index (χ3n) is 1.90. The molecular formula is C10H11F3O2. The van der Waals surface area contributed by atoms with Crippen molar-refractivity contribution in [1.82, 2.24) is 0 Å². The van der Waals surface area contributed by atoms with Crippen LogP contribution in [0.4, 0.5) is 13.2 Å². The number of rotatable bonds is 2. The molecule has 0 heterocycles. The number of alkyl halides is 3. The van der Waals surface area contributed by atoms with Crippen molar-refractivity contribution in [2.45, 2.75) is 20.0 Å². The molecule has 0 amide bonds. The van der Waals surface area contributed by atoms with Crippen LogP contribution in [-0.4, -0.2) is 11.7 Å². The molecule has 0 saturated heterocycles. The van der Waals surface area contributed by atoms with E-state index in [0.717, 1.165) is 6.07 Å². The SMILES string of the molecule is CCOc1c(C)ccc(O)c1C(F)(F)F. The molecule has 0 spiro atoms. The van der Waals surface area contributed by atoms with Crippen LogP contribution < -0.4 is 4.74 Å². The van der Waals surface area contributed by atoms with Gasteiger partial charge in [-0.1, -0.05) is 6.07 Å². The topological polar surface area (TPSA) is 29.5 Å². The molecule has 1 aromatic rings. The average Bonchev–Trinajstić information content (AvgIpc) is 2.09. The highest BCUT2D eigenvalue weighted by molar-refractivity contribution is 5.50. The minimum atomic E-state index is -4.61. The van der Waals surface area contributed by atoms with Gasteiger partial charge in [0.05, 0.1) is 6.61 Å². The Balaban J connectivity index is 3.38.